The predicted octanol–water partition coefficient (Wildman–Crippen LogP) is 3.05. The van der Waals surface area contributed by atoms with Gasteiger partial charge in [-0.05, 0) is 56.9 Å². The summed E-state index contributed by atoms with van der Waals surface area (Å²) in [6, 6.07) is 6.56. The van der Waals surface area contributed by atoms with Crippen LogP contribution in [0, 0.1) is 0 Å². The van der Waals surface area contributed by atoms with E-state index in [1.807, 2.05) is 6.92 Å². The normalized spacial score (nSPS) is 16.3. The van der Waals surface area contributed by atoms with Crippen LogP contribution in [0.1, 0.15) is 32.6 Å². The fraction of sp³-hybridized carbons (Fsp3) is 0.389. The average Bonchev–Trinajstić information content (AvgIpc) is 3.16. The van der Waals surface area contributed by atoms with Crippen molar-refractivity contribution in [2.75, 3.05) is 7.11 Å². The van der Waals surface area contributed by atoms with Gasteiger partial charge in [0.05, 0.1) is 12.8 Å². The highest BCUT2D eigenvalue weighted by Gasteiger charge is 2.24. The van der Waals surface area contributed by atoms with Gasteiger partial charge in [-0.25, -0.2) is 17.8 Å². The van der Waals surface area contributed by atoms with Crippen LogP contribution < -0.4 is 9.46 Å². The van der Waals surface area contributed by atoms with Gasteiger partial charge in [-0.1, -0.05) is 11.6 Å². The van der Waals surface area contributed by atoms with E-state index in [1.54, 1.807) is 41.3 Å². The van der Waals surface area contributed by atoms with Crippen molar-refractivity contribution >= 4 is 10.0 Å². The monoisotopic (exact) mass is 361 g/mol. The summed E-state index contributed by atoms with van der Waals surface area (Å²) in [5.41, 5.74) is 1.81. The van der Waals surface area contributed by atoms with Crippen molar-refractivity contribution in [3.8, 4) is 11.4 Å². The Kier molecular flexibility index (Phi) is 5.24. The van der Waals surface area contributed by atoms with Crippen molar-refractivity contribution < 1.29 is 13.2 Å². The number of nitrogens with zero attached hydrogens (tertiary/aromatic N) is 2. The highest BCUT2D eigenvalue weighted by Crippen LogP contribution is 2.28. The van der Waals surface area contributed by atoms with Crippen molar-refractivity contribution in [3.63, 3.8) is 0 Å². The second-order valence-corrected chi connectivity index (χ2v) is 7.84. The standard InChI is InChI=1S/C18H23N3O3S/c1-14(15-7-4-3-5-8-15)20-25(22,23)18-13-16(9-10-17(18)24-2)21-12-6-11-19-21/h6-7,9-14,20H,3-5,8H2,1-2H3/t14-/m0/s1. The molecule has 0 amide bonds. The maximum Gasteiger partial charge on any atom is 0.244 e. The maximum atomic E-state index is 12.9. The number of allylic oxidation sites excluding steroid dienone is 1. The number of benzene rings is 1. The minimum Gasteiger partial charge on any atom is -0.495 e. The van der Waals surface area contributed by atoms with Crippen LogP contribution in [0.15, 0.2) is 53.2 Å². The van der Waals surface area contributed by atoms with Crippen LogP contribution in [0.25, 0.3) is 5.69 Å². The molecule has 1 heterocycles. The van der Waals surface area contributed by atoms with Gasteiger partial charge in [-0.2, -0.15) is 5.10 Å². The van der Waals surface area contributed by atoms with Crippen LogP contribution in [-0.2, 0) is 10.0 Å². The van der Waals surface area contributed by atoms with Crippen molar-refractivity contribution in [1.82, 2.24) is 14.5 Å². The number of ether oxygens (including phenoxy) is 1. The summed E-state index contributed by atoms with van der Waals surface area (Å²) < 4.78 is 35.5. The minimum atomic E-state index is -3.72. The first-order valence-electron chi connectivity index (χ1n) is 8.40. The molecule has 0 saturated carbocycles. The van der Waals surface area contributed by atoms with Gasteiger partial charge in [0.15, 0.2) is 0 Å². The van der Waals surface area contributed by atoms with Crippen LogP contribution in [0.3, 0.4) is 0 Å². The molecule has 0 aliphatic heterocycles. The molecule has 7 heteroatoms. The Balaban J connectivity index is 1.92. The van der Waals surface area contributed by atoms with Gasteiger partial charge < -0.3 is 4.74 Å². The lowest BCUT2D eigenvalue weighted by Gasteiger charge is -2.21. The Hall–Kier alpha value is -2.12. The van der Waals surface area contributed by atoms with Crippen LogP contribution in [-0.4, -0.2) is 31.3 Å². The van der Waals surface area contributed by atoms with E-state index in [0.29, 0.717) is 11.4 Å². The van der Waals surface area contributed by atoms with Gasteiger partial charge in [0.25, 0.3) is 0 Å². The molecule has 25 heavy (non-hydrogen) atoms. The number of sulfonamides is 1. The zero-order valence-electron chi connectivity index (χ0n) is 14.5. The molecule has 1 aromatic carbocycles. The molecular formula is C18H23N3O3S. The van der Waals surface area contributed by atoms with E-state index in [-0.39, 0.29) is 10.9 Å². The molecule has 1 aromatic heterocycles. The molecule has 3 rings (SSSR count). The summed E-state index contributed by atoms with van der Waals surface area (Å²) >= 11 is 0. The van der Waals surface area contributed by atoms with Gasteiger partial charge in [0, 0.05) is 18.4 Å². The average molecular weight is 361 g/mol. The highest BCUT2D eigenvalue weighted by atomic mass is 32.2. The Labute approximate surface area is 148 Å². The summed E-state index contributed by atoms with van der Waals surface area (Å²) in [7, 11) is -2.25. The van der Waals surface area contributed by atoms with Gasteiger partial charge in [-0.15, -0.1) is 0 Å². The molecule has 1 atom stereocenters. The summed E-state index contributed by atoms with van der Waals surface area (Å²) in [5.74, 6) is 0.313. The number of aromatic nitrogens is 2. The summed E-state index contributed by atoms with van der Waals surface area (Å²) in [4.78, 5) is 0.117. The Morgan fingerprint density at radius 1 is 1.32 bits per heavy atom. The molecule has 2 aromatic rings. The van der Waals surface area contributed by atoms with E-state index in [1.165, 1.54) is 13.5 Å². The molecular weight excluding hydrogens is 338 g/mol. The lowest BCUT2D eigenvalue weighted by molar-refractivity contribution is 0.402. The van der Waals surface area contributed by atoms with Crippen molar-refractivity contribution in [2.45, 2.75) is 43.5 Å². The maximum absolute atomic E-state index is 12.9. The van der Waals surface area contributed by atoms with Crippen LogP contribution in [0.5, 0.6) is 5.75 Å². The molecule has 1 aliphatic rings. The van der Waals surface area contributed by atoms with E-state index >= 15 is 0 Å². The third-order valence-corrected chi connectivity index (χ3v) is 5.98. The molecule has 0 radical (unpaired) electrons. The SMILES string of the molecule is COc1ccc(-n2cccn2)cc1S(=O)(=O)N[C@@H](C)C1=CCCCC1. The van der Waals surface area contributed by atoms with E-state index in [0.717, 1.165) is 24.8 Å². The minimum absolute atomic E-state index is 0.117. The Morgan fingerprint density at radius 3 is 2.80 bits per heavy atom. The van der Waals surface area contributed by atoms with Crippen LogP contribution in [0.4, 0.5) is 0 Å². The zero-order chi connectivity index (χ0) is 17.9. The summed E-state index contributed by atoms with van der Waals surface area (Å²) in [5, 5.41) is 4.15. The first-order chi connectivity index (χ1) is 12.0. The van der Waals surface area contributed by atoms with Gasteiger partial charge in [0.2, 0.25) is 10.0 Å². The first kappa shape index (κ1) is 17.7. The van der Waals surface area contributed by atoms with Crippen LogP contribution >= 0.6 is 0 Å². The van der Waals surface area contributed by atoms with Crippen molar-refractivity contribution in [2.24, 2.45) is 0 Å². The van der Waals surface area contributed by atoms with Gasteiger partial charge in [-0.3, -0.25) is 0 Å². The molecule has 0 fully saturated rings. The third-order valence-electron chi connectivity index (χ3n) is 4.42. The van der Waals surface area contributed by atoms with Gasteiger partial charge in [0.1, 0.15) is 10.6 Å². The fourth-order valence-corrected chi connectivity index (χ4v) is 4.50. The largest absolute Gasteiger partial charge is 0.495 e. The smallest absolute Gasteiger partial charge is 0.244 e. The number of methoxy groups -OCH3 is 1. The molecule has 134 valence electrons. The predicted molar refractivity (Wildman–Crippen MR) is 96.5 cm³/mol. The van der Waals surface area contributed by atoms with Crippen molar-refractivity contribution in [3.05, 3.63) is 48.3 Å². The lowest BCUT2D eigenvalue weighted by atomic mass is 9.95. The van der Waals surface area contributed by atoms with E-state index in [9.17, 15) is 8.42 Å². The summed E-state index contributed by atoms with van der Waals surface area (Å²) in [6.07, 6.45) is 9.79. The van der Waals surface area contributed by atoms with E-state index in [4.69, 9.17) is 4.74 Å². The zero-order valence-corrected chi connectivity index (χ0v) is 15.3. The quantitative estimate of drug-likeness (QED) is 0.803. The van der Waals surface area contributed by atoms with Crippen molar-refractivity contribution in [1.29, 1.82) is 0 Å². The van der Waals surface area contributed by atoms with Gasteiger partial charge >= 0.3 is 0 Å². The fourth-order valence-electron chi connectivity index (χ4n) is 3.07. The van der Waals surface area contributed by atoms with E-state index in [2.05, 4.69) is 15.9 Å². The highest BCUT2D eigenvalue weighted by molar-refractivity contribution is 7.89. The number of hydrogen-bond donors (Lipinski definition) is 1. The second-order valence-electron chi connectivity index (χ2n) is 6.15. The van der Waals surface area contributed by atoms with E-state index < -0.39 is 10.0 Å². The number of rotatable bonds is 6. The first-order valence-corrected chi connectivity index (χ1v) is 9.89. The molecule has 0 spiro atoms. The Morgan fingerprint density at radius 2 is 2.16 bits per heavy atom. The Bertz CT molecular complexity index is 858. The molecule has 0 bridgehead atoms. The lowest BCUT2D eigenvalue weighted by Crippen LogP contribution is -2.34. The molecule has 1 N–H and O–H groups in total. The topological polar surface area (TPSA) is 73.2 Å². The second kappa shape index (κ2) is 7.41. The number of hydrogen-bond acceptors (Lipinski definition) is 4. The molecule has 6 nitrogen and oxygen atoms in total. The molecule has 0 unspecified atom stereocenters. The molecule has 0 saturated heterocycles. The number of nitrogens with one attached hydrogen (secondary N) is 1. The van der Waals surface area contributed by atoms with Crippen LogP contribution in [0.2, 0.25) is 0 Å². The summed E-state index contributed by atoms with van der Waals surface area (Å²) in [6.45, 7) is 1.89. The third kappa shape index (κ3) is 3.93. The molecule has 1 aliphatic carbocycles.